The van der Waals surface area contributed by atoms with Crippen LogP contribution in [0.4, 0.5) is 0 Å². The number of rotatable bonds is 9. The molecule has 0 spiro atoms. The third-order valence-corrected chi connectivity index (χ3v) is 8.11. The zero-order valence-electron chi connectivity index (χ0n) is 12.8. The maximum atomic E-state index is 12.3. The topological polar surface area (TPSA) is 58.2 Å². The fourth-order valence-corrected chi connectivity index (χ4v) is 5.36. The van der Waals surface area contributed by atoms with Gasteiger partial charge in [0.2, 0.25) is 10.0 Å². The van der Waals surface area contributed by atoms with E-state index in [0.29, 0.717) is 16.8 Å². The van der Waals surface area contributed by atoms with Crippen molar-refractivity contribution in [2.24, 2.45) is 0 Å². The molecule has 2 rings (SSSR count). The van der Waals surface area contributed by atoms with Crippen LogP contribution in [0.3, 0.4) is 0 Å². The minimum absolute atomic E-state index is 0.147. The number of hydrogen-bond donors (Lipinski definition) is 2. The SMILES string of the molecule is CSC1(CNS(=O)(=O)c2ccc(CCNC(C)C)s2)CC1. The van der Waals surface area contributed by atoms with Crippen LogP contribution in [0.1, 0.15) is 31.6 Å². The molecule has 1 aliphatic rings. The third kappa shape index (κ3) is 4.96. The van der Waals surface area contributed by atoms with Crippen LogP contribution in [-0.2, 0) is 16.4 Å². The average Bonchev–Trinajstić information content (AvgIpc) is 3.06. The molecule has 7 heteroatoms. The lowest BCUT2D eigenvalue weighted by molar-refractivity contribution is 0.582. The van der Waals surface area contributed by atoms with Gasteiger partial charge in [0.15, 0.2) is 0 Å². The number of thiophene rings is 1. The van der Waals surface area contributed by atoms with Gasteiger partial charge in [-0.1, -0.05) is 13.8 Å². The van der Waals surface area contributed by atoms with E-state index < -0.39 is 10.0 Å². The van der Waals surface area contributed by atoms with E-state index in [-0.39, 0.29) is 4.75 Å². The number of nitrogens with one attached hydrogen (secondary N) is 2. The van der Waals surface area contributed by atoms with Gasteiger partial charge in [-0.2, -0.15) is 11.8 Å². The van der Waals surface area contributed by atoms with Gasteiger partial charge in [-0.05, 0) is 37.7 Å². The van der Waals surface area contributed by atoms with E-state index in [1.807, 2.05) is 12.3 Å². The highest BCUT2D eigenvalue weighted by Crippen LogP contribution is 2.46. The van der Waals surface area contributed by atoms with Crippen LogP contribution in [0.25, 0.3) is 0 Å². The molecule has 1 aromatic rings. The summed E-state index contributed by atoms with van der Waals surface area (Å²) in [5.74, 6) is 0. The Labute approximate surface area is 136 Å². The van der Waals surface area contributed by atoms with Gasteiger partial charge < -0.3 is 5.32 Å². The summed E-state index contributed by atoms with van der Waals surface area (Å²) in [6.45, 7) is 5.63. The van der Waals surface area contributed by atoms with Crippen LogP contribution in [0.2, 0.25) is 0 Å². The monoisotopic (exact) mass is 348 g/mol. The Morgan fingerprint density at radius 1 is 1.38 bits per heavy atom. The summed E-state index contributed by atoms with van der Waals surface area (Å²) in [4.78, 5) is 1.11. The molecule has 0 aromatic carbocycles. The van der Waals surface area contributed by atoms with Crippen LogP contribution in [-0.4, -0.2) is 38.6 Å². The summed E-state index contributed by atoms with van der Waals surface area (Å²) in [6, 6.07) is 4.09. The molecule has 0 bridgehead atoms. The van der Waals surface area contributed by atoms with E-state index in [2.05, 4.69) is 23.9 Å². The normalized spacial score (nSPS) is 17.3. The fourth-order valence-electron chi connectivity index (χ4n) is 2.01. The Morgan fingerprint density at radius 3 is 2.67 bits per heavy atom. The minimum atomic E-state index is -3.35. The zero-order valence-corrected chi connectivity index (χ0v) is 15.3. The summed E-state index contributed by atoms with van der Waals surface area (Å²) < 4.78 is 27.9. The molecule has 0 amide bonds. The molecule has 1 fully saturated rings. The maximum absolute atomic E-state index is 12.3. The number of sulfonamides is 1. The third-order valence-electron chi connectivity index (χ3n) is 3.65. The first kappa shape index (κ1) is 17.3. The molecule has 0 radical (unpaired) electrons. The molecule has 0 atom stereocenters. The van der Waals surface area contributed by atoms with Crippen molar-refractivity contribution in [1.82, 2.24) is 10.0 Å². The second-order valence-corrected chi connectivity index (χ2v) is 10.2. The molecule has 0 saturated heterocycles. The van der Waals surface area contributed by atoms with E-state index in [9.17, 15) is 8.42 Å². The Hall–Kier alpha value is -0.0800. The van der Waals surface area contributed by atoms with Gasteiger partial charge >= 0.3 is 0 Å². The van der Waals surface area contributed by atoms with Crippen molar-refractivity contribution in [2.45, 2.75) is 48.1 Å². The van der Waals surface area contributed by atoms with Gasteiger partial charge in [0.25, 0.3) is 0 Å². The van der Waals surface area contributed by atoms with Gasteiger partial charge in [-0.25, -0.2) is 13.1 Å². The molecular formula is C14H24N2O2S3. The van der Waals surface area contributed by atoms with Crippen molar-refractivity contribution in [1.29, 1.82) is 0 Å². The lowest BCUT2D eigenvalue weighted by Crippen LogP contribution is -2.31. The van der Waals surface area contributed by atoms with Gasteiger partial charge in [0.1, 0.15) is 4.21 Å². The summed E-state index contributed by atoms with van der Waals surface area (Å²) in [5, 5.41) is 3.34. The molecular weight excluding hydrogens is 324 g/mol. The smallest absolute Gasteiger partial charge is 0.250 e. The summed E-state index contributed by atoms with van der Waals surface area (Å²) in [6.07, 6.45) is 5.12. The minimum Gasteiger partial charge on any atom is -0.314 e. The molecule has 0 unspecified atom stereocenters. The zero-order chi connectivity index (χ0) is 15.5. The van der Waals surface area contributed by atoms with Crippen LogP contribution in [0.5, 0.6) is 0 Å². The first-order valence-corrected chi connectivity index (χ1v) is 10.8. The largest absolute Gasteiger partial charge is 0.314 e. The summed E-state index contributed by atoms with van der Waals surface area (Å²) in [5.41, 5.74) is 0. The summed E-state index contributed by atoms with van der Waals surface area (Å²) in [7, 11) is -3.35. The molecule has 1 heterocycles. The predicted octanol–water partition coefficient (Wildman–Crippen LogP) is 2.46. The second kappa shape index (κ2) is 7.00. The van der Waals surface area contributed by atoms with Crippen molar-refractivity contribution in [3.63, 3.8) is 0 Å². The number of thioether (sulfide) groups is 1. The Balaban J connectivity index is 1.89. The lowest BCUT2D eigenvalue weighted by Gasteiger charge is -2.12. The Bertz CT molecular complexity index is 563. The van der Waals surface area contributed by atoms with E-state index in [4.69, 9.17) is 0 Å². The first-order chi connectivity index (χ1) is 9.87. The lowest BCUT2D eigenvalue weighted by atomic mass is 10.3. The van der Waals surface area contributed by atoms with Crippen LogP contribution < -0.4 is 10.0 Å². The predicted molar refractivity (Wildman–Crippen MR) is 91.8 cm³/mol. The van der Waals surface area contributed by atoms with Crippen LogP contribution in [0.15, 0.2) is 16.3 Å². The van der Waals surface area contributed by atoms with Crippen molar-refractivity contribution >= 4 is 33.1 Å². The van der Waals surface area contributed by atoms with Crippen molar-refractivity contribution in [3.8, 4) is 0 Å². The number of hydrogen-bond acceptors (Lipinski definition) is 5. The maximum Gasteiger partial charge on any atom is 0.250 e. The standard InChI is InChI=1S/C14H24N2O2S3/c1-11(2)15-9-6-12-4-5-13(20-12)21(17,18)16-10-14(19-3)7-8-14/h4-5,11,15-16H,6-10H2,1-3H3. The molecule has 120 valence electrons. The Kier molecular flexibility index (Phi) is 5.76. The fraction of sp³-hybridized carbons (Fsp3) is 0.714. The molecule has 1 saturated carbocycles. The van der Waals surface area contributed by atoms with Crippen molar-refractivity contribution in [3.05, 3.63) is 17.0 Å². The molecule has 2 N–H and O–H groups in total. The van der Waals surface area contributed by atoms with E-state index in [1.165, 1.54) is 11.3 Å². The molecule has 1 aliphatic carbocycles. The van der Waals surface area contributed by atoms with E-state index >= 15 is 0 Å². The van der Waals surface area contributed by atoms with Crippen molar-refractivity contribution in [2.75, 3.05) is 19.3 Å². The molecule has 21 heavy (non-hydrogen) atoms. The molecule has 1 aromatic heterocycles. The van der Waals surface area contributed by atoms with Gasteiger partial charge in [0.05, 0.1) is 0 Å². The van der Waals surface area contributed by atoms with Crippen LogP contribution >= 0.6 is 23.1 Å². The second-order valence-electron chi connectivity index (χ2n) is 5.79. The quantitative estimate of drug-likeness (QED) is 0.720. The first-order valence-electron chi connectivity index (χ1n) is 7.24. The highest BCUT2D eigenvalue weighted by atomic mass is 32.2. The average molecular weight is 349 g/mol. The highest BCUT2D eigenvalue weighted by Gasteiger charge is 2.42. The summed E-state index contributed by atoms with van der Waals surface area (Å²) >= 11 is 3.13. The van der Waals surface area contributed by atoms with E-state index in [0.717, 1.165) is 30.7 Å². The van der Waals surface area contributed by atoms with E-state index in [1.54, 1.807) is 17.8 Å². The highest BCUT2D eigenvalue weighted by molar-refractivity contribution is 8.00. The Morgan fingerprint density at radius 2 is 2.10 bits per heavy atom. The molecule has 0 aliphatic heterocycles. The van der Waals surface area contributed by atoms with Crippen molar-refractivity contribution < 1.29 is 8.42 Å². The molecule has 4 nitrogen and oxygen atoms in total. The van der Waals surface area contributed by atoms with Gasteiger partial charge in [0, 0.05) is 28.8 Å². The van der Waals surface area contributed by atoms with Crippen LogP contribution in [0, 0.1) is 0 Å². The van der Waals surface area contributed by atoms with Gasteiger partial charge in [-0.3, -0.25) is 0 Å². The van der Waals surface area contributed by atoms with Gasteiger partial charge in [-0.15, -0.1) is 11.3 Å².